The van der Waals surface area contributed by atoms with E-state index in [9.17, 15) is 14.4 Å². The van der Waals surface area contributed by atoms with Gasteiger partial charge in [-0.15, -0.1) is 0 Å². The van der Waals surface area contributed by atoms with Gasteiger partial charge in [0.25, 0.3) is 11.8 Å². The lowest BCUT2D eigenvalue weighted by atomic mass is 10.1. The van der Waals surface area contributed by atoms with Gasteiger partial charge in [0.2, 0.25) is 0 Å². The third kappa shape index (κ3) is 2.54. The molecule has 2 atom stereocenters. The van der Waals surface area contributed by atoms with Crippen LogP contribution in [0, 0.1) is 17.2 Å². The number of hydroxylamine groups is 2. The first kappa shape index (κ1) is 16.3. The summed E-state index contributed by atoms with van der Waals surface area (Å²) in [4.78, 5) is 41.9. The van der Waals surface area contributed by atoms with Crippen molar-refractivity contribution >= 4 is 29.4 Å². The summed E-state index contributed by atoms with van der Waals surface area (Å²) in [7, 11) is 0. The number of benzene rings is 2. The number of hydrogen-bond donors (Lipinski definition) is 0. The molecule has 2 amide bonds. The van der Waals surface area contributed by atoms with Crippen molar-refractivity contribution < 1.29 is 19.2 Å². The number of carbonyl (C=O) groups excluding carboxylic acids is 3. The Kier molecular flexibility index (Phi) is 3.74. The number of amides is 2. The van der Waals surface area contributed by atoms with Gasteiger partial charge in [-0.05, 0) is 42.2 Å². The van der Waals surface area contributed by atoms with E-state index in [1.165, 1.54) is 12.1 Å². The molecule has 0 spiro atoms. The summed E-state index contributed by atoms with van der Waals surface area (Å²) in [5, 5.41) is 9.91. The molecule has 0 saturated heterocycles. The Labute approximate surface area is 153 Å². The van der Waals surface area contributed by atoms with E-state index < -0.39 is 23.7 Å². The summed E-state index contributed by atoms with van der Waals surface area (Å²) in [5.74, 6) is -2.52. The molecule has 1 fully saturated rings. The van der Waals surface area contributed by atoms with Crippen molar-refractivity contribution in [2.24, 2.45) is 5.92 Å². The minimum Gasteiger partial charge on any atom is -0.329 e. The molecular formula is C19H11ClN2O4. The van der Waals surface area contributed by atoms with Gasteiger partial charge in [0.15, 0.2) is 0 Å². The zero-order valence-corrected chi connectivity index (χ0v) is 14.1. The highest BCUT2D eigenvalue weighted by molar-refractivity contribution is 6.31. The highest BCUT2D eigenvalue weighted by atomic mass is 35.5. The fourth-order valence-electron chi connectivity index (χ4n) is 3.09. The Morgan fingerprint density at radius 2 is 1.81 bits per heavy atom. The number of rotatable bonds is 3. The van der Waals surface area contributed by atoms with Crippen LogP contribution in [-0.2, 0) is 9.63 Å². The second kappa shape index (κ2) is 5.97. The van der Waals surface area contributed by atoms with E-state index in [2.05, 4.69) is 0 Å². The molecule has 6 nitrogen and oxygen atoms in total. The molecule has 2 aromatic rings. The van der Waals surface area contributed by atoms with Crippen LogP contribution in [0.4, 0.5) is 0 Å². The van der Waals surface area contributed by atoms with E-state index >= 15 is 0 Å². The average Bonchev–Trinajstić information content (AvgIpc) is 3.42. The first-order valence-electron chi connectivity index (χ1n) is 7.90. The molecule has 128 valence electrons. The number of nitrogens with zero attached hydrogens (tertiary/aromatic N) is 2. The van der Waals surface area contributed by atoms with Gasteiger partial charge >= 0.3 is 5.97 Å². The Morgan fingerprint density at radius 1 is 1.15 bits per heavy atom. The van der Waals surface area contributed by atoms with Gasteiger partial charge in [0.05, 0.1) is 27.6 Å². The number of hydrogen-bond acceptors (Lipinski definition) is 5. The minimum atomic E-state index is -0.644. The maximum absolute atomic E-state index is 12.3. The highest BCUT2D eigenvalue weighted by Crippen LogP contribution is 2.49. The number of carbonyl (C=O) groups is 3. The van der Waals surface area contributed by atoms with Crippen LogP contribution in [-0.4, -0.2) is 22.8 Å². The number of halogens is 1. The Bertz CT molecular complexity index is 976. The molecule has 26 heavy (non-hydrogen) atoms. The van der Waals surface area contributed by atoms with Crippen LogP contribution < -0.4 is 0 Å². The number of nitriles is 1. The van der Waals surface area contributed by atoms with Gasteiger partial charge in [0.1, 0.15) is 6.07 Å². The number of fused-ring (bicyclic) bond motifs is 1. The predicted octanol–water partition coefficient (Wildman–Crippen LogP) is 3.07. The Balaban J connectivity index is 1.47. The van der Waals surface area contributed by atoms with Crippen molar-refractivity contribution in [3.8, 4) is 6.07 Å². The van der Waals surface area contributed by atoms with Crippen LogP contribution in [0.1, 0.15) is 44.2 Å². The van der Waals surface area contributed by atoms with E-state index in [1.54, 1.807) is 30.3 Å². The molecule has 4 rings (SSSR count). The molecule has 1 aliphatic heterocycles. The fraction of sp³-hybridized carbons (Fsp3) is 0.158. The van der Waals surface area contributed by atoms with Crippen molar-refractivity contribution in [3.05, 3.63) is 69.7 Å². The predicted molar refractivity (Wildman–Crippen MR) is 90.0 cm³/mol. The van der Waals surface area contributed by atoms with Crippen LogP contribution in [0.3, 0.4) is 0 Å². The topological polar surface area (TPSA) is 87.5 Å². The van der Waals surface area contributed by atoms with Gasteiger partial charge in [-0.2, -0.15) is 5.26 Å². The van der Waals surface area contributed by atoms with Crippen molar-refractivity contribution in [2.75, 3.05) is 0 Å². The molecule has 0 bridgehead atoms. The lowest BCUT2D eigenvalue weighted by Crippen LogP contribution is -2.33. The van der Waals surface area contributed by atoms with Crippen LogP contribution in [0.25, 0.3) is 0 Å². The lowest BCUT2D eigenvalue weighted by molar-refractivity contribution is -0.170. The standard InChI is InChI=1S/C19H11ClN2O4/c20-16-6-5-10(7-11(16)9-21)14-8-15(14)19(25)26-22-17(23)12-3-1-2-4-13(12)18(22)24/h1-7,14-15H,8H2/t14-,15?/m1/s1. The molecular weight excluding hydrogens is 356 g/mol. The SMILES string of the molecule is N#Cc1cc([C@H]2CC2C(=O)ON2C(=O)c3ccccc3C2=O)ccc1Cl. The zero-order chi connectivity index (χ0) is 18.4. The Morgan fingerprint density at radius 3 is 2.42 bits per heavy atom. The van der Waals surface area contributed by atoms with Gasteiger partial charge in [-0.25, -0.2) is 4.79 Å². The zero-order valence-electron chi connectivity index (χ0n) is 13.3. The third-order valence-electron chi connectivity index (χ3n) is 4.57. The van der Waals surface area contributed by atoms with Gasteiger partial charge in [-0.3, -0.25) is 9.59 Å². The monoisotopic (exact) mass is 366 g/mol. The van der Waals surface area contributed by atoms with Crippen molar-refractivity contribution in [1.82, 2.24) is 5.06 Å². The van der Waals surface area contributed by atoms with Crippen molar-refractivity contribution in [2.45, 2.75) is 12.3 Å². The third-order valence-corrected chi connectivity index (χ3v) is 4.90. The maximum atomic E-state index is 12.3. The fourth-order valence-corrected chi connectivity index (χ4v) is 3.25. The average molecular weight is 367 g/mol. The largest absolute Gasteiger partial charge is 0.336 e. The molecule has 0 aromatic heterocycles. The summed E-state index contributed by atoms with van der Waals surface area (Å²) < 4.78 is 0. The molecule has 0 radical (unpaired) electrons. The van der Waals surface area contributed by atoms with Crippen molar-refractivity contribution in [1.29, 1.82) is 5.26 Å². The Hall–Kier alpha value is -3.17. The molecule has 1 saturated carbocycles. The molecule has 7 heteroatoms. The van der Waals surface area contributed by atoms with Gasteiger partial charge in [0, 0.05) is 0 Å². The number of imide groups is 1. The molecule has 2 aromatic carbocycles. The quantitative estimate of drug-likeness (QED) is 0.779. The second-order valence-corrected chi connectivity index (χ2v) is 6.57. The molecule has 2 aliphatic rings. The summed E-state index contributed by atoms with van der Waals surface area (Å²) in [6.07, 6.45) is 0.522. The second-order valence-electron chi connectivity index (χ2n) is 6.16. The summed E-state index contributed by atoms with van der Waals surface area (Å²) in [5.41, 5.74) is 1.57. The van der Waals surface area contributed by atoms with E-state index in [-0.39, 0.29) is 17.0 Å². The van der Waals surface area contributed by atoms with Crippen LogP contribution in [0.15, 0.2) is 42.5 Å². The highest BCUT2D eigenvalue weighted by Gasteiger charge is 2.48. The first-order chi connectivity index (χ1) is 12.5. The van der Waals surface area contributed by atoms with Crippen LogP contribution >= 0.6 is 11.6 Å². The van der Waals surface area contributed by atoms with E-state index in [1.807, 2.05) is 6.07 Å². The van der Waals surface area contributed by atoms with Crippen LogP contribution in [0.2, 0.25) is 5.02 Å². The minimum absolute atomic E-state index is 0.123. The smallest absolute Gasteiger partial charge is 0.329 e. The van der Waals surface area contributed by atoms with E-state index in [4.69, 9.17) is 21.7 Å². The molecule has 1 unspecified atom stereocenters. The summed E-state index contributed by atoms with van der Waals surface area (Å²) in [6, 6.07) is 13.3. The van der Waals surface area contributed by atoms with Crippen LogP contribution in [0.5, 0.6) is 0 Å². The molecule has 1 heterocycles. The normalized spacial score (nSPS) is 20.5. The molecule has 1 aliphatic carbocycles. The maximum Gasteiger partial charge on any atom is 0.336 e. The summed E-state index contributed by atoms with van der Waals surface area (Å²) in [6.45, 7) is 0. The van der Waals surface area contributed by atoms with Gasteiger partial charge < -0.3 is 4.84 Å². The summed E-state index contributed by atoms with van der Waals surface area (Å²) >= 11 is 5.91. The van der Waals surface area contributed by atoms with E-state index in [0.717, 1.165) is 5.56 Å². The first-order valence-corrected chi connectivity index (χ1v) is 8.28. The lowest BCUT2D eigenvalue weighted by Gasteiger charge is -2.12. The van der Waals surface area contributed by atoms with E-state index in [0.29, 0.717) is 22.1 Å². The molecule has 0 N–H and O–H groups in total. The van der Waals surface area contributed by atoms with Crippen molar-refractivity contribution in [3.63, 3.8) is 0 Å². The van der Waals surface area contributed by atoms with Gasteiger partial charge in [-0.1, -0.05) is 34.9 Å².